The maximum absolute atomic E-state index is 5.32. The quantitative estimate of drug-likeness (QED) is 0.617. The molecule has 2 aromatic heterocycles. The van der Waals surface area contributed by atoms with Crippen molar-refractivity contribution in [2.45, 2.75) is 46.5 Å². The van der Waals surface area contributed by atoms with Gasteiger partial charge in [-0.2, -0.15) is 5.10 Å². The third kappa shape index (κ3) is 2.79. The van der Waals surface area contributed by atoms with Gasteiger partial charge in [-0.1, -0.05) is 13.8 Å². The second kappa shape index (κ2) is 6.68. The summed E-state index contributed by atoms with van der Waals surface area (Å²) in [5.74, 6) is 1.48. The number of nitrogens with zero attached hydrogens (tertiary/aromatic N) is 2. The molecule has 1 aromatic carbocycles. The number of aryl methyl sites for hydroxylation is 2. The summed E-state index contributed by atoms with van der Waals surface area (Å²) in [5.41, 5.74) is 7.23. The first kappa shape index (κ1) is 16.6. The van der Waals surface area contributed by atoms with Crippen LogP contribution in [0.15, 0.2) is 36.5 Å². The Morgan fingerprint density at radius 2 is 1.79 bits per heavy atom. The maximum Gasteiger partial charge on any atom is 0.119 e. The summed E-state index contributed by atoms with van der Waals surface area (Å²) >= 11 is 0. The van der Waals surface area contributed by atoms with Gasteiger partial charge >= 0.3 is 0 Å². The minimum atomic E-state index is 0.602. The zero-order valence-corrected chi connectivity index (χ0v) is 15.3. The second-order valence-electron chi connectivity index (χ2n) is 6.47. The van der Waals surface area contributed by atoms with Crippen LogP contribution < -0.4 is 4.74 Å². The normalized spacial score (nSPS) is 11.4. The average Bonchev–Trinajstić information content (AvgIpc) is 2.98. The van der Waals surface area contributed by atoms with Gasteiger partial charge in [0.05, 0.1) is 18.3 Å². The van der Waals surface area contributed by atoms with Crippen molar-refractivity contribution in [3.05, 3.63) is 53.2 Å². The van der Waals surface area contributed by atoms with Gasteiger partial charge < -0.3 is 4.74 Å². The highest BCUT2D eigenvalue weighted by Crippen LogP contribution is 2.32. The van der Waals surface area contributed by atoms with Gasteiger partial charge in [0.1, 0.15) is 5.75 Å². The van der Waals surface area contributed by atoms with E-state index in [0.717, 1.165) is 29.8 Å². The van der Waals surface area contributed by atoms with E-state index >= 15 is 0 Å². The van der Waals surface area contributed by atoms with Crippen molar-refractivity contribution in [2.24, 2.45) is 0 Å². The van der Waals surface area contributed by atoms with Gasteiger partial charge in [0.25, 0.3) is 0 Å². The van der Waals surface area contributed by atoms with E-state index in [4.69, 9.17) is 9.84 Å². The highest BCUT2D eigenvalue weighted by atomic mass is 16.5. The topological polar surface area (TPSA) is 26.5 Å². The van der Waals surface area contributed by atoms with E-state index in [1.54, 1.807) is 7.11 Å². The minimum Gasteiger partial charge on any atom is -0.497 e. The summed E-state index contributed by atoms with van der Waals surface area (Å²) in [5, 5.41) is 4.91. The van der Waals surface area contributed by atoms with Crippen LogP contribution >= 0.6 is 0 Å². The highest BCUT2D eigenvalue weighted by Gasteiger charge is 2.15. The number of hydrogen-bond donors (Lipinski definition) is 0. The fourth-order valence-corrected chi connectivity index (χ4v) is 3.51. The molecule has 0 aliphatic heterocycles. The Labute approximate surface area is 144 Å². The van der Waals surface area contributed by atoms with Crippen molar-refractivity contribution < 1.29 is 4.74 Å². The van der Waals surface area contributed by atoms with Crippen LogP contribution in [0.3, 0.4) is 0 Å². The third-order valence-corrected chi connectivity index (χ3v) is 4.99. The Balaban J connectivity index is 2.13. The number of ether oxygens (including phenoxy) is 1. The van der Waals surface area contributed by atoms with Crippen LogP contribution in [0.4, 0.5) is 0 Å². The predicted octanol–water partition coefficient (Wildman–Crippen LogP) is 5.53. The molecule has 0 aliphatic carbocycles. The zero-order chi connectivity index (χ0) is 17.3. The number of fused-ring (bicyclic) bond motifs is 1. The summed E-state index contributed by atoms with van der Waals surface area (Å²) in [4.78, 5) is 0. The molecule has 24 heavy (non-hydrogen) atoms. The standard InChI is InChI=1S/C21H26N2O/c1-6-16(7-2)19-10-11-23-20(19)13-15(4)21(22-23)18-9-8-17(24-5)12-14(18)3/h8-13,16H,6-7H2,1-5H3. The van der Waals surface area contributed by atoms with Gasteiger partial charge in [0, 0.05) is 11.8 Å². The van der Waals surface area contributed by atoms with Crippen LogP contribution in [-0.4, -0.2) is 16.7 Å². The molecule has 0 fully saturated rings. The minimum absolute atomic E-state index is 0.602. The fourth-order valence-electron chi connectivity index (χ4n) is 3.51. The van der Waals surface area contributed by atoms with Gasteiger partial charge in [0.2, 0.25) is 0 Å². The molecule has 3 aromatic rings. The molecule has 0 unspecified atom stereocenters. The van der Waals surface area contributed by atoms with E-state index in [9.17, 15) is 0 Å². The highest BCUT2D eigenvalue weighted by molar-refractivity contribution is 5.70. The lowest BCUT2D eigenvalue weighted by atomic mass is 9.94. The molecular weight excluding hydrogens is 296 g/mol. The van der Waals surface area contributed by atoms with Crippen molar-refractivity contribution in [3.8, 4) is 17.0 Å². The summed E-state index contributed by atoms with van der Waals surface area (Å²) < 4.78 is 7.34. The van der Waals surface area contributed by atoms with Crippen LogP contribution in [0.1, 0.15) is 49.3 Å². The number of methoxy groups -OCH3 is 1. The molecule has 3 heteroatoms. The molecule has 0 bridgehead atoms. The summed E-state index contributed by atoms with van der Waals surface area (Å²) in [6.45, 7) is 8.77. The summed E-state index contributed by atoms with van der Waals surface area (Å²) in [6, 6.07) is 10.7. The Hall–Kier alpha value is -2.29. The number of hydrogen-bond acceptors (Lipinski definition) is 2. The molecule has 0 amide bonds. The largest absolute Gasteiger partial charge is 0.497 e. The number of rotatable bonds is 5. The maximum atomic E-state index is 5.32. The number of aromatic nitrogens is 2. The van der Waals surface area contributed by atoms with E-state index in [1.165, 1.54) is 22.2 Å². The molecule has 0 saturated heterocycles. The molecule has 0 saturated carbocycles. The SMILES string of the molecule is CCC(CC)c1ccn2nc(-c3ccc(OC)cc3C)c(C)cc12. The summed E-state index contributed by atoms with van der Waals surface area (Å²) in [7, 11) is 1.70. The molecule has 0 spiro atoms. The van der Waals surface area contributed by atoms with Gasteiger partial charge in [-0.25, -0.2) is 4.52 Å². The van der Waals surface area contributed by atoms with Crippen molar-refractivity contribution in [1.82, 2.24) is 9.61 Å². The van der Waals surface area contributed by atoms with E-state index in [2.05, 4.69) is 58.2 Å². The second-order valence-corrected chi connectivity index (χ2v) is 6.47. The van der Waals surface area contributed by atoms with E-state index in [0.29, 0.717) is 5.92 Å². The van der Waals surface area contributed by atoms with E-state index in [1.807, 2.05) is 10.6 Å². The van der Waals surface area contributed by atoms with Crippen LogP contribution in [-0.2, 0) is 0 Å². The molecular formula is C21H26N2O. The molecule has 126 valence electrons. The first-order valence-corrected chi connectivity index (χ1v) is 8.72. The van der Waals surface area contributed by atoms with E-state index in [-0.39, 0.29) is 0 Å². The Morgan fingerprint density at radius 1 is 1.04 bits per heavy atom. The molecule has 3 rings (SSSR count). The van der Waals surface area contributed by atoms with Gasteiger partial charge in [-0.15, -0.1) is 0 Å². The van der Waals surface area contributed by atoms with Crippen molar-refractivity contribution >= 4 is 5.52 Å². The van der Waals surface area contributed by atoms with Crippen molar-refractivity contribution in [2.75, 3.05) is 7.11 Å². The lowest BCUT2D eigenvalue weighted by Crippen LogP contribution is -2.00. The lowest BCUT2D eigenvalue weighted by Gasteiger charge is -2.14. The molecule has 3 nitrogen and oxygen atoms in total. The molecule has 0 aliphatic rings. The van der Waals surface area contributed by atoms with Crippen LogP contribution in [0.2, 0.25) is 0 Å². The first-order valence-electron chi connectivity index (χ1n) is 8.72. The molecule has 0 atom stereocenters. The molecule has 2 heterocycles. The Morgan fingerprint density at radius 3 is 2.42 bits per heavy atom. The van der Waals surface area contributed by atoms with Gasteiger partial charge in [0.15, 0.2) is 0 Å². The monoisotopic (exact) mass is 322 g/mol. The number of benzene rings is 1. The van der Waals surface area contributed by atoms with Crippen LogP contribution in [0.25, 0.3) is 16.8 Å². The van der Waals surface area contributed by atoms with Crippen LogP contribution in [0.5, 0.6) is 5.75 Å². The Kier molecular flexibility index (Phi) is 4.61. The molecule has 0 N–H and O–H groups in total. The van der Waals surface area contributed by atoms with Crippen molar-refractivity contribution in [1.29, 1.82) is 0 Å². The third-order valence-electron chi connectivity index (χ3n) is 4.99. The zero-order valence-electron chi connectivity index (χ0n) is 15.3. The lowest BCUT2D eigenvalue weighted by molar-refractivity contribution is 0.414. The Bertz CT molecular complexity index is 860. The smallest absolute Gasteiger partial charge is 0.119 e. The average molecular weight is 322 g/mol. The van der Waals surface area contributed by atoms with Gasteiger partial charge in [-0.3, -0.25) is 0 Å². The van der Waals surface area contributed by atoms with Crippen LogP contribution in [0, 0.1) is 13.8 Å². The van der Waals surface area contributed by atoms with E-state index < -0.39 is 0 Å². The predicted molar refractivity (Wildman–Crippen MR) is 100.0 cm³/mol. The van der Waals surface area contributed by atoms with Crippen molar-refractivity contribution in [3.63, 3.8) is 0 Å². The first-order chi connectivity index (χ1) is 11.6. The fraction of sp³-hybridized carbons (Fsp3) is 0.381. The summed E-state index contributed by atoms with van der Waals surface area (Å²) in [6.07, 6.45) is 4.41. The van der Waals surface area contributed by atoms with Gasteiger partial charge in [-0.05, 0) is 79.6 Å². The molecule has 0 radical (unpaired) electrons.